The van der Waals surface area contributed by atoms with Crippen molar-refractivity contribution in [1.29, 1.82) is 0 Å². The summed E-state index contributed by atoms with van der Waals surface area (Å²) in [6.07, 6.45) is 5.27. The van der Waals surface area contributed by atoms with Crippen LogP contribution in [0.2, 0.25) is 0 Å². The molecule has 5 heteroatoms. The second-order valence-electron chi connectivity index (χ2n) is 5.39. The van der Waals surface area contributed by atoms with Crippen molar-refractivity contribution < 1.29 is 14.3 Å². The van der Waals surface area contributed by atoms with Crippen LogP contribution in [0.1, 0.15) is 52.4 Å². The van der Waals surface area contributed by atoms with Gasteiger partial charge in [-0.15, -0.1) is 0 Å². The van der Waals surface area contributed by atoms with E-state index in [4.69, 9.17) is 4.74 Å². The Bertz CT molecular complexity index is 307. The number of rotatable bonds is 8. The molecule has 0 bridgehead atoms. The van der Waals surface area contributed by atoms with Crippen molar-refractivity contribution in [2.45, 2.75) is 58.4 Å². The largest absolute Gasteiger partial charge is 0.466 e. The van der Waals surface area contributed by atoms with Crippen LogP contribution < -0.4 is 5.32 Å². The minimum absolute atomic E-state index is 0.0651. The lowest BCUT2D eigenvalue weighted by Crippen LogP contribution is -2.39. The van der Waals surface area contributed by atoms with E-state index >= 15 is 0 Å². The number of likely N-dealkylation sites (tertiary alicyclic amines) is 1. The molecule has 5 nitrogen and oxygen atoms in total. The Balaban J connectivity index is 2.02. The van der Waals surface area contributed by atoms with Gasteiger partial charge in [-0.1, -0.05) is 6.42 Å². The predicted molar refractivity (Wildman–Crippen MR) is 78.4 cm³/mol. The number of ether oxygens (including phenoxy) is 1. The first-order valence-corrected chi connectivity index (χ1v) is 7.80. The van der Waals surface area contributed by atoms with E-state index in [0.29, 0.717) is 19.2 Å². The molecule has 1 amide bonds. The van der Waals surface area contributed by atoms with E-state index < -0.39 is 0 Å². The number of hydrogen-bond acceptors (Lipinski definition) is 4. The van der Waals surface area contributed by atoms with Crippen molar-refractivity contribution >= 4 is 11.9 Å². The molecule has 1 fully saturated rings. The van der Waals surface area contributed by atoms with Gasteiger partial charge in [0.25, 0.3) is 0 Å². The predicted octanol–water partition coefficient (Wildman–Crippen LogP) is 1.71. The highest BCUT2D eigenvalue weighted by molar-refractivity contribution is 5.81. The van der Waals surface area contributed by atoms with Crippen LogP contribution in [0.5, 0.6) is 0 Å². The summed E-state index contributed by atoms with van der Waals surface area (Å²) in [7, 11) is 0. The van der Waals surface area contributed by atoms with E-state index in [1.165, 1.54) is 25.8 Å². The third-order valence-corrected chi connectivity index (χ3v) is 3.75. The number of nitrogens with one attached hydrogen (secondary N) is 1. The molecular weight excluding hydrogens is 256 g/mol. The van der Waals surface area contributed by atoms with Crippen LogP contribution in [-0.2, 0) is 14.3 Å². The number of hydrogen-bond donors (Lipinski definition) is 1. The van der Waals surface area contributed by atoms with Crippen LogP contribution in [0.25, 0.3) is 0 Å². The first-order valence-electron chi connectivity index (χ1n) is 7.80. The summed E-state index contributed by atoms with van der Waals surface area (Å²) in [5, 5.41) is 2.86. The van der Waals surface area contributed by atoms with Gasteiger partial charge in [0.15, 0.2) is 0 Å². The molecule has 116 valence electrons. The van der Waals surface area contributed by atoms with E-state index in [1.807, 2.05) is 0 Å². The second-order valence-corrected chi connectivity index (χ2v) is 5.39. The highest BCUT2D eigenvalue weighted by Gasteiger charge is 2.17. The third kappa shape index (κ3) is 6.89. The molecule has 0 aromatic carbocycles. The van der Waals surface area contributed by atoms with Crippen molar-refractivity contribution in [3.8, 4) is 0 Å². The molecule has 0 aromatic rings. The monoisotopic (exact) mass is 284 g/mol. The quantitative estimate of drug-likeness (QED) is 0.544. The van der Waals surface area contributed by atoms with Gasteiger partial charge in [0.1, 0.15) is 0 Å². The minimum atomic E-state index is -0.301. The van der Waals surface area contributed by atoms with Crippen LogP contribution >= 0.6 is 0 Å². The molecule has 0 saturated carbocycles. The van der Waals surface area contributed by atoms with Crippen LogP contribution in [0.3, 0.4) is 0 Å². The summed E-state index contributed by atoms with van der Waals surface area (Å²) in [6.45, 7) is 7.31. The van der Waals surface area contributed by atoms with Gasteiger partial charge in [0.2, 0.25) is 5.91 Å². The van der Waals surface area contributed by atoms with E-state index in [-0.39, 0.29) is 24.7 Å². The van der Waals surface area contributed by atoms with E-state index in [0.717, 1.165) is 13.0 Å². The van der Waals surface area contributed by atoms with Crippen LogP contribution in [0.4, 0.5) is 0 Å². The first kappa shape index (κ1) is 17.0. The molecule has 0 aromatic heterocycles. The van der Waals surface area contributed by atoms with Gasteiger partial charge in [-0.2, -0.15) is 0 Å². The third-order valence-electron chi connectivity index (χ3n) is 3.75. The topological polar surface area (TPSA) is 58.6 Å². The number of carbonyl (C=O) groups excluding carboxylic acids is 2. The molecule has 1 rings (SSSR count). The Hall–Kier alpha value is -1.10. The molecule has 1 aliphatic heterocycles. The highest BCUT2D eigenvalue weighted by atomic mass is 16.5. The van der Waals surface area contributed by atoms with Crippen molar-refractivity contribution in [2.24, 2.45) is 0 Å². The van der Waals surface area contributed by atoms with Crippen molar-refractivity contribution in [3.05, 3.63) is 0 Å². The minimum Gasteiger partial charge on any atom is -0.466 e. The Morgan fingerprint density at radius 3 is 2.80 bits per heavy atom. The zero-order chi connectivity index (χ0) is 14.8. The van der Waals surface area contributed by atoms with Gasteiger partial charge in [-0.3, -0.25) is 9.59 Å². The standard InChI is InChI=1S/C15H28N2O3/c1-3-20-15(19)9-8-14(18)16-10-6-12-17-11-5-4-7-13(17)2/h13H,3-12H2,1-2H3,(H,16,18). The second kappa shape index (κ2) is 9.75. The number of piperidine rings is 1. The maximum atomic E-state index is 11.5. The van der Waals surface area contributed by atoms with E-state index in [2.05, 4.69) is 17.1 Å². The van der Waals surface area contributed by atoms with Crippen molar-refractivity contribution in [1.82, 2.24) is 10.2 Å². The summed E-state index contributed by atoms with van der Waals surface area (Å²) in [4.78, 5) is 25.1. The summed E-state index contributed by atoms with van der Waals surface area (Å²) < 4.78 is 4.78. The van der Waals surface area contributed by atoms with Gasteiger partial charge in [-0.05, 0) is 39.7 Å². The van der Waals surface area contributed by atoms with Gasteiger partial charge in [0.05, 0.1) is 13.0 Å². The highest BCUT2D eigenvalue weighted by Crippen LogP contribution is 2.15. The molecule has 1 heterocycles. The van der Waals surface area contributed by atoms with E-state index in [1.54, 1.807) is 6.92 Å². The maximum absolute atomic E-state index is 11.5. The summed E-state index contributed by atoms with van der Waals surface area (Å²) in [5.41, 5.74) is 0. The zero-order valence-corrected chi connectivity index (χ0v) is 12.8. The smallest absolute Gasteiger partial charge is 0.306 e. The van der Waals surface area contributed by atoms with Gasteiger partial charge >= 0.3 is 5.97 Å². The van der Waals surface area contributed by atoms with Gasteiger partial charge in [0, 0.05) is 25.6 Å². The van der Waals surface area contributed by atoms with Crippen molar-refractivity contribution in [3.63, 3.8) is 0 Å². The molecule has 1 N–H and O–H groups in total. The van der Waals surface area contributed by atoms with Crippen LogP contribution in [0.15, 0.2) is 0 Å². The molecule has 1 atom stereocenters. The lowest BCUT2D eigenvalue weighted by molar-refractivity contribution is -0.144. The summed E-state index contributed by atoms with van der Waals surface area (Å²) >= 11 is 0. The normalized spacial score (nSPS) is 19.6. The number of amides is 1. The first-order chi connectivity index (χ1) is 9.63. The molecule has 0 aliphatic carbocycles. The SMILES string of the molecule is CCOC(=O)CCC(=O)NCCCN1CCCCC1C. The average Bonchev–Trinajstić information content (AvgIpc) is 2.43. The zero-order valence-electron chi connectivity index (χ0n) is 12.8. The average molecular weight is 284 g/mol. The Labute approximate surface area is 122 Å². The maximum Gasteiger partial charge on any atom is 0.306 e. The van der Waals surface area contributed by atoms with E-state index in [9.17, 15) is 9.59 Å². The summed E-state index contributed by atoms with van der Waals surface area (Å²) in [6, 6.07) is 0.670. The lowest BCUT2D eigenvalue weighted by Gasteiger charge is -2.33. The van der Waals surface area contributed by atoms with Crippen molar-refractivity contribution in [2.75, 3.05) is 26.2 Å². The Morgan fingerprint density at radius 2 is 2.10 bits per heavy atom. The Morgan fingerprint density at radius 1 is 1.30 bits per heavy atom. The fourth-order valence-electron chi connectivity index (χ4n) is 2.54. The summed E-state index contributed by atoms with van der Waals surface area (Å²) in [5.74, 6) is -0.366. The number of nitrogens with zero attached hydrogens (tertiary/aromatic N) is 1. The molecule has 0 spiro atoms. The number of carbonyl (C=O) groups is 2. The molecule has 1 saturated heterocycles. The van der Waals surface area contributed by atoms with Crippen LogP contribution in [0, 0.1) is 0 Å². The van der Waals surface area contributed by atoms with Gasteiger partial charge in [-0.25, -0.2) is 0 Å². The molecule has 1 unspecified atom stereocenters. The Kier molecular flexibility index (Phi) is 8.26. The lowest BCUT2D eigenvalue weighted by atomic mass is 10.0. The molecule has 0 radical (unpaired) electrons. The van der Waals surface area contributed by atoms with Gasteiger partial charge < -0.3 is 15.0 Å². The molecule has 20 heavy (non-hydrogen) atoms. The van der Waals surface area contributed by atoms with Crippen LogP contribution in [-0.4, -0.2) is 49.1 Å². The molecular formula is C15H28N2O3. The fourth-order valence-corrected chi connectivity index (χ4v) is 2.54. The molecule has 1 aliphatic rings. The fraction of sp³-hybridized carbons (Fsp3) is 0.867. The number of esters is 1.